The Balaban J connectivity index is 1.76. The second kappa shape index (κ2) is 6.16. The van der Waals surface area contributed by atoms with Gasteiger partial charge in [0, 0.05) is 44.6 Å². The van der Waals surface area contributed by atoms with Gasteiger partial charge in [0.15, 0.2) is 0 Å². The van der Waals surface area contributed by atoms with Crippen LogP contribution in [0.1, 0.15) is 11.4 Å². The Morgan fingerprint density at radius 2 is 1.61 bits per heavy atom. The van der Waals surface area contributed by atoms with Crippen LogP contribution in [-0.4, -0.2) is 45.9 Å². The fourth-order valence-electron chi connectivity index (χ4n) is 2.72. The zero-order valence-corrected chi connectivity index (χ0v) is 14.2. The monoisotopic (exact) mass is 334 g/mol. The van der Waals surface area contributed by atoms with Crippen molar-refractivity contribution >= 4 is 23.2 Å². The van der Waals surface area contributed by atoms with Gasteiger partial charge in [-0.05, 0) is 19.9 Å². The molecule has 0 N–H and O–H groups in total. The Bertz CT molecular complexity index is 762. The molecule has 122 valence electrons. The number of hydrogen-bond acceptors (Lipinski definition) is 6. The molecule has 1 aliphatic rings. The van der Waals surface area contributed by atoms with Gasteiger partial charge in [-0.2, -0.15) is 5.10 Å². The summed E-state index contributed by atoms with van der Waals surface area (Å²) in [6, 6.07) is 1.96. The van der Waals surface area contributed by atoms with Gasteiger partial charge in [0.2, 0.25) is 5.95 Å². The van der Waals surface area contributed by atoms with Crippen LogP contribution < -0.4 is 15.4 Å². The Kier molecular flexibility index (Phi) is 4.21. The van der Waals surface area contributed by atoms with E-state index in [1.165, 1.54) is 4.68 Å². The molecular weight excluding hydrogens is 316 g/mol. The van der Waals surface area contributed by atoms with Gasteiger partial charge in [-0.3, -0.25) is 4.79 Å². The number of nitrogens with zero attached hydrogens (tertiary/aromatic N) is 6. The van der Waals surface area contributed by atoms with E-state index in [1.54, 1.807) is 13.2 Å². The lowest BCUT2D eigenvalue weighted by Gasteiger charge is -2.36. The highest BCUT2D eigenvalue weighted by atomic mass is 35.5. The molecule has 0 spiro atoms. The Labute approximate surface area is 139 Å². The summed E-state index contributed by atoms with van der Waals surface area (Å²) in [5, 5.41) is 4.28. The van der Waals surface area contributed by atoms with Gasteiger partial charge >= 0.3 is 0 Å². The second-order valence-electron chi connectivity index (χ2n) is 5.70. The quantitative estimate of drug-likeness (QED) is 0.821. The molecule has 1 saturated heterocycles. The highest BCUT2D eigenvalue weighted by Crippen LogP contribution is 2.23. The van der Waals surface area contributed by atoms with Gasteiger partial charge in [0.1, 0.15) is 5.02 Å². The fourth-order valence-corrected chi connectivity index (χ4v) is 3.01. The van der Waals surface area contributed by atoms with Crippen molar-refractivity contribution in [3.8, 4) is 0 Å². The molecule has 0 saturated carbocycles. The molecule has 0 unspecified atom stereocenters. The molecule has 1 aliphatic heterocycles. The topological polar surface area (TPSA) is 67.2 Å². The molecule has 0 radical (unpaired) electrons. The van der Waals surface area contributed by atoms with Crippen molar-refractivity contribution in [1.82, 2.24) is 19.7 Å². The van der Waals surface area contributed by atoms with E-state index in [-0.39, 0.29) is 10.6 Å². The lowest BCUT2D eigenvalue weighted by molar-refractivity contribution is 0.630. The summed E-state index contributed by atoms with van der Waals surface area (Å²) in [7, 11) is 1.59. The summed E-state index contributed by atoms with van der Waals surface area (Å²) in [5.41, 5.74) is 2.35. The summed E-state index contributed by atoms with van der Waals surface area (Å²) in [6.45, 7) is 6.97. The summed E-state index contributed by atoms with van der Waals surface area (Å²) in [6.07, 6.45) is 1.65. The first-order valence-electron chi connectivity index (χ1n) is 7.49. The van der Waals surface area contributed by atoms with Crippen molar-refractivity contribution in [2.45, 2.75) is 13.8 Å². The van der Waals surface area contributed by atoms with Crippen molar-refractivity contribution in [2.24, 2.45) is 7.05 Å². The minimum atomic E-state index is -0.274. The van der Waals surface area contributed by atoms with E-state index < -0.39 is 0 Å². The van der Waals surface area contributed by atoms with Crippen molar-refractivity contribution in [3.63, 3.8) is 0 Å². The average molecular weight is 335 g/mol. The molecule has 2 aromatic rings. The van der Waals surface area contributed by atoms with E-state index in [2.05, 4.69) is 24.9 Å². The molecule has 3 rings (SSSR count). The maximum Gasteiger partial charge on any atom is 0.287 e. The maximum absolute atomic E-state index is 11.9. The van der Waals surface area contributed by atoms with Crippen LogP contribution in [0.15, 0.2) is 17.1 Å². The molecule has 0 bridgehead atoms. The van der Waals surface area contributed by atoms with E-state index in [4.69, 9.17) is 11.6 Å². The highest BCUT2D eigenvalue weighted by Gasteiger charge is 2.22. The number of rotatable bonds is 2. The molecule has 0 amide bonds. The van der Waals surface area contributed by atoms with Crippen LogP contribution in [0.5, 0.6) is 0 Å². The molecule has 0 atom stereocenters. The molecule has 8 heteroatoms. The van der Waals surface area contributed by atoms with Crippen LogP contribution in [0.2, 0.25) is 5.02 Å². The normalized spacial score (nSPS) is 15.1. The number of anilines is 2. The third-order valence-electron chi connectivity index (χ3n) is 3.93. The minimum Gasteiger partial charge on any atom is -0.365 e. The SMILES string of the molecule is Cc1cc(C)nc(N2CCN(c3cnn(C)c(=O)c3Cl)CC2)n1. The summed E-state index contributed by atoms with van der Waals surface area (Å²) >= 11 is 6.17. The predicted octanol–water partition coefficient (Wildman–Crippen LogP) is 1.17. The molecule has 3 heterocycles. The third kappa shape index (κ3) is 3.14. The van der Waals surface area contributed by atoms with Crippen LogP contribution in [0.25, 0.3) is 0 Å². The molecule has 0 aliphatic carbocycles. The third-order valence-corrected chi connectivity index (χ3v) is 4.29. The van der Waals surface area contributed by atoms with Crippen LogP contribution in [0.4, 0.5) is 11.6 Å². The van der Waals surface area contributed by atoms with Gasteiger partial charge in [0.25, 0.3) is 5.56 Å². The molecule has 7 nitrogen and oxygen atoms in total. The lowest BCUT2D eigenvalue weighted by atomic mass is 10.3. The lowest BCUT2D eigenvalue weighted by Crippen LogP contribution is -2.47. The first-order chi connectivity index (χ1) is 11.0. The van der Waals surface area contributed by atoms with Crippen LogP contribution in [0, 0.1) is 13.8 Å². The predicted molar refractivity (Wildman–Crippen MR) is 90.4 cm³/mol. The van der Waals surface area contributed by atoms with Crippen molar-refractivity contribution in [3.05, 3.63) is 39.0 Å². The smallest absolute Gasteiger partial charge is 0.287 e. The maximum atomic E-state index is 11.9. The van der Waals surface area contributed by atoms with Crippen LogP contribution in [-0.2, 0) is 7.05 Å². The molecular formula is C15H19ClN6O. The summed E-state index contributed by atoms with van der Waals surface area (Å²) < 4.78 is 1.24. The zero-order chi connectivity index (χ0) is 16.6. The van der Waals surface area contributed by atoms with E-state index in [1.807, 2.05) is 19.9 Å². The van der Waals surface area contributed by atoms with Gasteiger partial charge < -0.3 is 9.80 Å². The zero-order valence-electron chi connectivity index (χ0n) is 13.5. The Morgan fingerprint density at radius 1 is 1.04 bits per heavy atom. The molecule has 23 heavy (non-hydrogen) atoms. The summed E-state index contributed by atoms with van der Waals surface area (Å²) in [5.74, 6) is 0.760. The molecule has 2 aromatic heterocycles. The van der Waals surface area contributed by atoms with Crippen molar-refractivity contribution in [1.29, 1.82) is 0 Å². The van der Waals surface area contributed by atoms with Gasteiger partial charge in [-0.25, -0.2) is 14.6 Å². The number of aryl methyl sites for hydroxylation is 3. The Hall–Kier alpha value is -2.15. The summed E-state index contributed by atoms with van der Waals surface area (Å²) in [4.78, 5) is 25.1. The first kappa shape index (κ1) is 15.7. The van der Waals surface area contributed by atoms with Crippen LogP contribution in [0.3, 0.4) is 0 Å². The number of hydrogen-bond donors (Lipinski definition) is 0. The Morgan fingerprint density at radius 3 is 2.22 bits per heavy atom. The van der Waals surface area contributed by atoms with Crippen LogP contribution >= 0.6 is 11.6 Å². The van der Waals surface area contributed by atoms with E-state index in [0.717, 1.165) is 43.5 Å². The second-order valence-corrected chi connectivity index (χ2v) is 6.08. The number of halogens is 1. The number of aromatic nitrogens is 4. The molecule has 1 fully saturated rings. The fraction of sp³-hybridized carbons (Fsp3) is 0.467. The van der Waals surface area contributed by atoms with Gasteiger partial charge in [0.05, 0.1) is 11.9 Å². The number of piperazine rings is 1. The first-order valence-corrected chi connectivity index (χ1v) is 7.87. The van der Waals surface area contributed by atoms with E-state index in [9.17, 15) is 4.79 Å². The van der Waals surface area contributed by atoms with Gasteiger partial charge in [-0.15, -0.1) is 0 Å². The van der Waals surface area contributed by atoms with E-state index >= 15 is 0 Å². The van der Waals surface area contributed by atoms with Gasteiger partial charge in [-0.1, -0.05) is 11.6 Å². The van der Waals surface area contributed by atoms with Crippen molar-refractivity contribution < 1.29 is 0 Å². The average Bonchev–Trinajstić information content (AvgIpc) is 2.52. The standard InChI is InChI=1S/C15H19ClN6O/c1-10-8-11(2)19-15(18-10)22-6-4-21(5-7-22)12-9-17-20(3)14(23)13(12)16/h8-9H,4-7H2,1-3H3. The largest absolute Gasteiger partial charge is 0.365 e. The molecule has 0 aromatic carbocycles. The van der Waals surface area contributed by atoms with E-state index in [0.29, 0.717) is 5.69 Å². The highest BCUT2D eigenvalue weighted by molar-refractivity contribution is 6.33. The minimum absolute atomic E-state index is 0.221. The van der Waals surface area contributed by atoms with Crippen molar-refractivity contribution in [2.75, 3.05) is 36.0 Å².